The molecule has 0 bridgehead atoms. The standard InChI is InChI=1S/C14H18O/c1-13(2,3)10-4-5-12-11(8-10)14(6-7-14)9-15-12/h4-5,8H,6-7,9H2,1-3H3. The number of rotatable bonds is 0. The van der Waals surface area contributed by atoms with Gasteiger partial charge in [0, 0.05) is 11.0 Å². The van der Waals surface area contributed by atoms with Gasteiger partial charge < -0.3 is 4.74 Å². The lowest BCUT2D eigenvalue weighted by Crippen LogP contribution is -2.12. The van der Waals surface area contributed by atoms with Gasteiger partial charge >= 0.3 is 0 Å². The minimum atomic E-state index is 0.244. The molecule has 1 aliphatic heterocycles. The zero-order chi connectivity index (χ0) is 10.7. The van der Waals surface area contributed by atoms with Gasteiger partial charge in [-0.15, -0.1) is 0 Å². The van der Waals surface area contributed by atoms with E-state index in [0.717, 1.165) is 12.4 Å². The van der Waals surface area contributed by atoms with E-state index in [1.165, 1.54) is 24.0 Å². The molecule has 1 heteroatoms. The second kappa shape index (κ2) is 2.58. The Labute approximate surface area is 91.5 Å². The summed E-state index contributed by atoms with van der Waals surface area (Å²) in [6.07, 6.45) is 2.63. The lowest BCUT2D eigenvalue weighted by molar-refractivity contribution is 0.323. The topological polar surface area (TPSA) is 9.23 Å². The maximum atomic E-state index is 5.74. The van der Waals surface area contributed by atoms with Crippen molar-refractivity contribution in [1.29, 1.82) is 0 Å². The summed E-state index contributed by atoms with van der Waals surface area (Å²) in [5, 5.41) is 0. The van der Waals surface area contributed by atoms with Crippen LogP contribution in [0.3, 0.4) is 0 Å². The first kappa shape index (κ1) is 9.26. The van der Waals surface area contributed by atoms with Crippen LogP contribution in [0.25, 0.3) is 0 Å². The Morgan fingerprint density at radius 1 is 1.20 bits per heavy atom. The fourth-order valence-corrected chi connectivity index (χ4v) is 2.40. The summed E-state index contributed by atoms with van der Waals surface area (Å²) in [6.45, 7) is 7.72. The summed E-state index contributed by atoms with van der Waals surface area (Å²) in [7, 11) is 0. The number of ether oxygens (including phenoxy) is 1. The van der Waals surface area contributed by atoms with Crippen molar-refractivity contribution in [3.63, 3.8) is 0 Å². The SMILES string of the molecule is CC(C)(C)c1ccc2c(c1)C1(CC1)CO2. The van der Waals surface area contributed by atoms with Crippen LogP contribution in [-0.4, -0.2) is 6.61 Å². The maximum absolute atomic E-state index is 5.74. The van der Waals surface area contributed by atoms with Crippen molar-refractivity contribution < 1.29 is 4.74 Å². The van der Waals surface area contributed by atoms with Crippen LogP contribution >= 0.6 is 0 Å². The molecule has 1 aliphatic carbocycles. The summed E-state index contributed by atoms with van der Waals surface area (Å²) < 4.78 is 5.74. The van der Waals surface area contributed by atoms with E-state index in [1.54, 1.807) is 0 Å². The number of hydrogen-bond donors (Lipinski definition) is 0. The van der Waals surface area contributed by atoms with E-state index in [4.69, 9.17) is 4.74 Å². The molecule has 0 radical (unpaired) electrons. The van der Waals surface area contributed by atoms with Crippen LogP contribution in [-0.2, 0) is 10.8 Å². The Balaban J connectivity index is 2.10. The van der Waals surface area contributed by atoms with Gasteiger partial charge in [0.1, 0.15) is 5.75 Å². The quantitative estimate of drug-likeness (QED) is 0.626. The van der Waals surface area contributed by atoms with Gasteiger partial charge in [0.25, 0.3) is 0 Å². The molecular weight excluding hydrogens is 184 g/mol. The van der Waals surface area contributed by atoms with Gasteiger partial charge in [0.15, 0.2) is 0 Å². The largest absolute Gasteiger partial charge is 0.492 e. The van der Waals surface area contributed by atoms with E-state index in [2.05, 4.69) is 39.0 Å². The van der Waals surface area contributed by atoms with Crippen molar-refractivity contribution in [2.24, 2.45) is 0 Å². The van der Waals surface area contributed by atoms with Gasteiger partial charge in [-0.2, -0.15) is 0 Å². The number of benzene rings is 1. The smallest absolute Gasteiger partial charge is 0.123 e. The summed E-state index contributed by atoms with van der Waals surface area (Å²) in [6, 6.07) is 6.73. The van der Waals surface area contributed by atoms with E-state index >= 15 is 0 Å². The second-order valence-corrected chi connectivity index (χ2v) is 6.03. The Kier molecular flexibility index (Phi) is 1.59. The monoisotopic (exact) mass is 202 g/mol. The minimum Gasteiger partial charge on any atom is -0.492 e. The van der Waals surface area contributed by atoms with Crippen LogP contribution < -0.4 is 4.74 Å². The van der Waals surface area contributed by atoms with Gasteiger partial charge in [0.2, 0.25) is 0 Å². The van der Waals surface area contributed by atoms with Gasteiger partial charge in [-0.25, -0.2) is 0 Å². The Bertz CT molecular complexity index is 408. The first-order valence-corrected chi connectivity index (χ1v) is 5.79. The Morgan fingerprint density at radius 3 is 2.53 bits per heavy atom. The summed E-state index contributed by atoms with van der Waals surface area (Å²) in [4.78, 5) is 0. The first-order valence-electron chi connectivity index (χ1n) is 5.79. The third kappa shape index (κ3) is 1.29. The minimum absolute atomic E-state index is 0.244. The molecule has 0 aromatic heterocycles. The zero-order valence-electron chi connectivity index (χ0n) is 9.76. The van der Waals surface area contributed by atoms with Gasteiger partial charge in [-0.05, 0) is 29.9 Å². The normalized spacial score (nSPS) is 21.3. The third-order valence-corrected chi connectivity index (χ3v) is 3.77. The van der Waals surface area contributed by atoms with Crippen molar-refractivity contribution >= 4 is 0 Å². The van der Waals surface area contributed by atoms with Crippen LogP contribution in [0.4, 0.5) is 0 Å². The molecule has 1 aromatic carbocycles. The highest BCUT2D eigenvalue weighted by atomic mass is 16.5. The predicted molar refractivity (Wildman–Crippen MR) is 61.5 cm³/mol. The van der Waals surface area contributed by atoms with Crippen molar-refractivity contribution in [3.05, 3.63) is 29.3 Å². The van der Waals surface area contributed by atoms with Crippen molar-refractivity contribution in [2.75, 3.05) is 6.61 Å². The van der Waals surface area contributed by atoms with Crippen LogP contribution in [0.2, 0.25) is 0 Å². The molecular formula is C14H18O. The van der Waals surface area contributed by atoms with E-state index in [-0.39, 0.29) is 5.41 Å². The molecule has 2 aliphatic rings. The molecule has 0 unspecified atom stereocenters. The fraction of sp³-hybridized carbons (Fsp3) is 0.571. The van der Waals surface area contributed by atoms with E-state index in [9.17, 15) is 0 Å². The molecule has 0 atom stereocenters. The molecule has 1 spiro atoms. The molecule has 15 heavy (non-hydrogen) atoms. The molecule has 1 saturated carbocycles. The summed E-state index contributed by atoms with van der Waals surface area (Å²) in [5.74, 6) is 1.13. The molecule has 0 N–H and O–H groups in total. The number of fused-ring (bicyclic) bond motifs is 2. The lowest BCUT2D eigenvalue weighted by Gasteiger charge is -2.20. The maximum Gasteiger partial charge on any atom is 0.123 e. The van der Waals surface area contributed by atoms with E-state index in [1.807, 2.05) is 0 Å². The highest BCUT2D eigenvalue weighted by Gasteiger charge is 2.50. The van der Waals surface area contributed by atoms with E-state index < -0.39 is 0 Å². The average molecular weight is 202 g/mol. The molecule has 0 saturated heterocycles. The Morgan fingerprint density at radius 2 is 1.93 bits per heavy atom. The third-order valence-electron chi connectivity index (χ3n) is 3.77. The Hall–Kier alpha value is -0.980. The highest BCUT2D eigenvalue weighted by molar-refractivity contribution is 5.50. The predicted octanol–water partition coefficient (Wildman–Crippen LogP) is 3.41. The van der Waals surface area contributed by atoms with Crippen molar-refractivity contribution in [3.8, 4) is 5.75 Å². The van der Waals surface area contributed by atoms with Gasteiger partial charge in [-0.3, -0.25) is 0 Å². The lowest BCUT2D eigenvalue weighted by atomic mass is 9.84. The molecule has 1 nitrogen and oxygen atoms in total. The summed E-state index contributed by atoms with van der Waals surface area (Å²) >= 11 is 0. The average Bonchev–Trinajstić information content (AvgIpc) is 2.84. The molecule has 1 heterocycles. The highest BCUT2D eigenvalue weighted by Crippen LogP contribution is 2.55. The van der Waals surface area contributed by atoms with Crippen LogP contribution in [0, 0.1) is 0 Å². The van der Waals surface area contributed by atoms with Gasteiger partial charge in [-0.1, -0.05) is 32.9 Å². The summed E-state index contributed by atoms with van der Waals surface area (Å²) in [5.41, 5.74) is 3.55. The number of hydrogen-bond acceptors (Lipinski definition) is 1. The van der Waals surface area contributed by atoms with Gasteiger partial charge in [0.05, 0.1) is 6.61 Å². The van der Waals surface area contributed by atoms with Crippen molar-refractivity contribution in [2.45, 2.75) is 44.4 Å². The van der Waals surface area contributed by atoms with Crippen LogP contribution in [0.1, 0.15) is 44.7 Å². The molecule has 1 aromatic rings. The fourth-order valence-electron chi connectivity index (χ4n) is 2.40. The molecule has 1 fully saturated rings. The van der Waals surface area contributed by atoms with Crippen molar-refractivity contribution in [1.82, 2.24) is 0 Å². The second-order valence-electron chi connectivity index (χ2n) is 6.03. The first-order chi connectivity index (χ1) is 7.01. The molecule has 0 amide bonds. The van der Waals surface area contributed by atoms with E-state index in [0.29, 0.717) is 5.41 Å². The van der Waals surface area contributed by atoms with Crippen LogP contribution in [0.5, 0.6) is 5.75 Å². The van der Waals surface area contributed by atoms with Crippen LogP contribution in [0.15, 0.2) is 18.2 Å². The molecule has 80 valence electrons. The zero-order valence-corrected chi connectivity index (χ0v) is 9.76. The molecule has 3 rings (SSSR count).